The van der Waals surface area contributed by atoms with Gasteiger partial charge in [0.05, 0.1) is 30.8 Å². The summed E-state index contributed by atoms with van der Waals surface area (Å²) in [6.07, 6.45) is 0. The Hall–Kier alpha value is -3.00. The molecule has 0 aliphatic carbocycles. The van der Waals surface area contributed by atoms with Crippen molar-refractivity contribution in [1.29, 1.82) is 0 Å². The number of ether oxygens (including phenoxy) is 2. The van der Waals surface area contributed by atoms with Gasteiger partial charge in [0, 0.05) is 11.3 Å². The molecule has 1 N–H and O–H groups in total. The molecule has 3 aromatic rings. The van der Waals surface area contributed by atoms with Gasteiger partial charge < -0.3 is 19.1 Å². The van der Waals surface area contributed by atoms with E-state index in [1.54, 1.807) is 29.9 Å². The summed E-state index contributed by atoms with van der Waals surface area (Å²) in [6.45, 7) is 5.70. The van der Waals surface area contributed by atoms with Crippen LogP contribution in [-0.2, 0) is 15.3 Å². The van der Waals surface area contributed by atoms with Gasteiger partial charge in [0.2, 0.25) is 0 Å². The standard InChI is InChI=1S/C23H26N2O5S/c1-23(2,3)19(20(26)27)25-17-9-7-6-8-16(17)24-22(25)31-13-15-12-14(21(28)30-5)10-11-18(15)29-4/h6-12,19H,13H2,1-5H3,(H,26,27). The maximum atomic E-state index is 12.2. The van der Waals surface area contributed by atoms with Gasteiger partial charge in [0.25, 0.3) is 0 Å². The second-order valence-electron chi connectivity index (χ2n) is 8.17. The highest BCUT2D eigenvalue weighted by atomic mass is 32.2. The Morgan fingerprint density at radius 3 is 2.48 bits per heavy atom. The highest BCUT2D eigenvalue weighted by Gasteiger charge is 2.35. The van der Waals surface area contributed by atoms with Crippen molar-refractivity contribution in [3.05, 3.63) is 53.6 Å². The third kappa shape index (κ3) is 4.69. The van der Waals surface area contributed by atoms with Crippen molar-refractivity contribution < 1.29 is 24.2 Å². The largest absolute Gasteiger partial charge is 0.496 e. The Morgan fingerprint density at radius 2 is 1.87 bits per heavy atom. The van der Waals surface area contributed by atoms with Gasteiger partial charge in [-0.15, -0.1) is 0 Å². The van der Waals surface area contributed by atoms with Gasteiger partial charge in [0.1, 0.15) is 11.8 Å². The number of hydrogen-bond donors (Lipinski definition) is 1. The summed E-state index contributed by atoms with van der Waals surface area (Å²) in [5, 5.41) is 10.6. The van der Waals surface area contributed by atoms with Crippen molar-refractivity contribution in [1.82, 2.24) is 9.55 Å². The normalized spacial score (nSPS) is 12.5. The van der Waals surface area contributed by atoms with Crippen LogP contribution in [0.4, 0.5) is 0 Å². The highest BCUT2D eigenvalue weighted by molar-refractivity contribution is 7.98. The summed E-state index contributed by atoms with van der Waals surface area (Å²) in [6, 6.07) is 11.8. The van der Waals surface area contributed by atoms with E-state index in [-0.39, 0.29) is 0 Å². The lowest BCUT2D eigenvalue weighted by Crippen LogP contribution is -2.31. The SMILES string of the molecule is COC(=O)c1ccc(OC)c(CSc2nc3ccccc3n2C(C(=O)O)C(C)(C)C)c1. The molecule has 0 radical (unpaired) electrons. The predicted molar refractivity (Wildman–Crippen MR) is 120 cm³/mol. The Balaban J connectivity index is 2.05. The number of fused-ring (bicyclic) bond motifs is 1. The number of carboxylic acid groups (broad SMARTS) is 1. The summed E-state index contributed by atoms with van der Waals surface area (Å²) in [5.74, 6) is -0.274. The molecule has 1 atom stereocenters. The van der Waals surface area contributed by atoms with E-state index in [0.29, 0.717) is 22.2 Å². The molecule has 0 aliphatic rings. The average molecular weight is 443 g/mol. The smallest absolute Gasteiger partial charge is 0.337 e. The molecule has 0 spiro atoms. The molecule has 31 heavy (non-hydrogen) atoms. The minimum Gasteiger partial charge on any atom is -0.496 e. The predicted octanol–water partition coefficient (Wildman–Crippen LogP) is 4.80. The molecule has 0 saturated carbocycles. The van der Waals surface area contributed by atoms with Gasteiger partial charge in [-0.25, -0.2) is 14.6 Å². The number of carbonyl (C=O) groups excluding carboxylic acids is 1. The van der Waals surface area contributed by atoms with Crippen LogP contribution in [0, 0.1) is 5.41 Å². The van der Waals surface area contributed by atoms with Gasteiger partial charge >= 0.3 is 11.9 Å². The third-order valence-electron chi connectivity index (χ3n) is 4.93. The zero-order chi connectivity index (χ0) is 22.8. The average Bonchev–Trinajstić information content (AvgIpc) is 3.08. The van der Waals surface area contributed by atoms with Gasteiger partial charge in [-0.05, 0) is 35.7 Å². The minimum absolute atomic E-state index is 0.422. The fraction of sp³-hybridized carbons (Fsp3) is 0.348. The number of carbonyl (C=O) groups is 2. The Bertz CT molecular complexity index is 1120. The van der Waals surface area contributed by atoms with Crippen LogP contribution in [0.25, 0.3) is 11.0 Å². The molecule has 1 heterocycles. The summed E-state index contributed by atoms with van der Waals surface area (Å²) in [4.78, 5) is 28.9. The highest BCUT2D eigenvalue weighted by Crippen LogP contribution is 2.39. The Labute approximate surface area is 185 Å². The van der Waals surface area contributed by atoms with Crippen molar-refractivity contribution in [3.8, 4) is 5.75 Å². The number of methoxy groups -OCH3 is 2. The number of aliphatic carboxylic acids is 1. The summed E-state index contributed by atoms with van der Waals surface area (Å²) >= 11 is 1.40. The number of imidazole rings is 1. The number of thioether (sulfide) groups is 1. The summed E-state index contributed by atoms with van der Waals surface area (Å²) in [7, 11) is 2.90. The van der Waals surface area contributed by atoms with Gasteiger partial charge in [-0.3, -0.25) is 0 Å². The first-order valence-electron chi connectivity index (χ1n) is 9.75. The molecule has 1 aromatic heterocycles. The summed E-state index contributed by atoms with van der Waals surface area (Å²) < 4.78 is 12.0. The second-order valence-corrected chi connectivity index (χ2v) is 9.11. The molecule has 8 heteroatoms. The first kappa shape index (κ1) is 22.7. The molecular weight excluding hydrogens is 416 g/mol. The molecule has 0 amide bonds. The number of para-hydroxylation sites is 2. The van der Waals surface area contributed by atoms with E-state index in [9.17, 15) is 14.7 Å². The Morgan fingerprint density at radius 1 is 1.16 bits per heavy atom. The van der Waals surface area contributed by atoms with Crippen molar-refractivity contribution in [2.75, 3.05) is 14.2 Å². The van der Waals surface area contributed by atoms with Crippen molar-refractivity contribution in [2.45, 2.75) is 37.7 Å². The molecule has 7 nitrogen and oxygen atoms in total. The number of hydrogen-bond acceptors (Lipinski definition) is 6. The second kappa shape index (κ2) is 9.01. The van der Waals surface area contributed by atoms with Crippen LogP contribution in [-0.4, -0.2) is 40.8 Å². The van der Waals surface area contributed by atoms with Crippen molar-refractivity contribution in [3.63, 3.8) is 0 Å². The quantitative estimate of drug-likeness (QED) is 0.415. The lowest BCUT2D eigenvalue weighted by molar-refractivity contribution is -0.144. The topological polar surface area (TPSA) is 90.7 Å². The van der Waals surface area contributed by atoms with E-state index in [1.165, 1.54) is 18.9 Å². The fourth-order valence-electron chi connectivity index (χ4n) is 3.52. The van der Waals surface area contributed by atoms with Crippen LogP contribution in [0.1, 0.15) is 42.7 Å². The van der Waals surface area contributed by atoms with E-state index < -0.39 is 23.4 Å². The van der Waals surface area contributed by atoms with Crippen molar-refractivity contribution in [2.24, 2.45) is 5.41 Å². The monoisotopic (exact) mass is 442 g/mol. The van der Waals surface area contributed by atoms with Crippen LogP contribution in [0.3, 0.4) is 0 Å². The van der Waals surface area contributed by atoms with Crippen LogP contribution in [0.15, 0.2) is 47.6 Å². The molecule has 164 valence electrons. The minimum atomic E-state index is -0.914. The lowest BCUT2D eigenvalue weighted by Gasteiger charge is -2.29. The molecule has 0 aliphatic heterocycles. The number of rotatable bonds is 7. The van der Waals surface area contributed by atoms with E-state index in [1.807, 2.05) is 45.0 Å². The molecule has 0 saturated heterocycles. The van der Waals surface area contributed by atoms with E-state index in [0.717, 1.165) is 16.6 Å². The van der Waals surface area contributed by atoms with Crippen LogP contribution >= 0.6 is 11.8 Å². The van der Waals surface area contributed by atoms with Crippen LogP contribution in [0.5, 0.6) is 5.75 Å². The first-order chi connectivity index (χ1) is 14.7. The van der Waals surface area contributed by atoms with E-state index in [4.69, 9.17) is 14.5 Å². The molecule has 0 bridgehead atoms. The zero-order valence-corrected chi connectivity index (χ0v) is 19.0. The van der Waals surface area contributed by atoms with Gasteiger partial charge in [-0.1, -0.05) is 44.7 Å². The maximum absolute atomic E-state index is 12.2. The molecule has 1 unspecified atom stereocenters. The number of aromatic nitrogens is 2. The zero-order valence-electron chi connectivity index (χ0n) is 18.2. The van der Waals surface area contributed by atoms with Gasteiger partial charge in [0.15, 0.2) is 5.16 Å². The lowest BCUT2D eigenvalue weighted by atomic mass is 9.86. The van der Waals surface area contributed by atoms with Crippen LogP contribution in [0.2, 0.25) is 0 Å². The number of nitrogens with zero attached hydrogens (tertiary/aromatic N) is 2. The molecular formula is C23H26N2O5S. The molecule has 2 aromatic carbocycles. The first-order valence-corrected chi connectivity index (χ1v) is 10.7. The van der Waals surface area contributed by atoms with Crippen molar-refractivity contribution >= 4 is 34.7 Å². The third-order valence-corrected chi connectivity index (χ3v) is 5.94. The number of carboxylic acids is 1. The molecule has 0 fully saturated rings. The van der Waals surface area contributed by atoms with Gasteiger partial charge in [-0.2, -0.15) is 0 Å². The van der Waals surface area contributed by atoms with E-state index >= 15 is 0 Å². The fourth-order valence-corrected chi connectivity index (χ4v) is 4.54. The number of benzene rings is 2. The number of esters is 1. The molecule has 3 rings (SSSR count). The van der Waals surface area contributed by atoms with Crippen LogP contribution < -0.4 is 4.74 Å². The Kier molecular flexibility index (Phi) is 6.59. The summed E-state index contributed by atoms with van der Waals surface area (Å²) in [5.41, 5.74) is 2.17. The maximum Gasteiger partial charge on any atom is 0.337 e. The van der Waals surface area contributed by atoms with E-state index in [2.05, 4.69) is 0 Å².